The second kappa shape index (κ2) is 9.68. The van der Waals surface area contributed by atoms with Crippen LogP contribution in [-0.2, 0) is 10.0 Å². The number of aromatic nitrogens is 2. The van der Waals surface area contributed by atoms with E-state index in [0.717, 1.165) is 69.8 Å². The zero-order valence-corrected chi connectivity index (χ0v) is 20.0. The number of benzene rings is 1. The highest BCUT2D eigenvalue weighted by molar-refractivity contribution is 7.89. The Kier molecular flexibility index (Phi) is 6.70. The average Bonchev–Trinajstić information content (AvgIpc) is 3.52. The van der Waals surface area contributed by atoms with Crippen LogP contribution in [0.4, 0.5) is 0 Å². The molecule has 0 saturated heterocycles. The summed E-state index contributed by atoms with van der Waals surface area (Å²) < 4.78 is 32.8. The maximum absolute atomic E-state index is 14.4. The van der Waals surface area contributed by atoms with Gasteiger partial charge in [-0.15, -0.1) is 0 Å². The summed E-state index contributed by atoms with van der Waals surface area (Å²) in [7, 11) is -3.64. The molecule has 3 aliphatic carbocycles. The first-order valence-corrected chi connectivity index (χ1v) is 14.3. The van der Waals surface area contributed by atoms with Crippen molar-refractivity contribution in [3.8, 4) is 11.3 Å². The molecule has 0 radical (unpaired) electrons. The third-order valence-electron chi connectivity index (χ3n) is 7.87. The van der Waals surface area contributed by atoms with Gasteiger partial charge in [0, 0.05) is 23.8 Å². The Hall–Kier alpha value is -1.66. The van der Waals surface area contributed by atoms with E-state index in [1.807, 2.05) is 45.5 Å². The number of nitrogens with zero attached hydrogens (tertiary/aromatic N) is 3. The van der Waals surface area contributed by atoms with Gasteiger partial charge in [0.1, 0.15) is 10.6 Å². The van der Waals surface area contributed by atoms with Crippen LogP contribution < -0.4 is 0 Å². The van der Waals surface area contributed by atoms with Gasteiger partial charge in [-0.2, -0.15) is 9.40 Å². The molecule has 174 valence electrons. The molecule has 3 aliphatic rings. The first-order valence-electron chi connectivity index (χ1n) is 12.8. The third kappa shape index (κ3) is 4.41. The molecule has 1 aromatic carbocycles. The lowest BCUT2D eigenvalue weighted by molar-refractivity contribution is 0.170. The van der Waals surface area contributed by atoms with Crippen molar-refractivity contribution in [1.82, 2.24) is 14.1 Å². The highest BCUT2D eigenvalue weighted by Gasteiger charge is 2.40. The molecule has 0 atom stereocenters. The predicted octanol–water partition coefficient (Wildman–Crippen LogP) is 6.32. The minimum absolute atomic E-state index is 0.135. The van der Waals surface area contributed by atoms with E-state index < -0.39 is 10.0 Å². The lowest BCUT2D eigenvalue weighted by Crippen LogP contribution is -2.48. The molecule has 6 heteroatoms. The Bertz CT molecular complexity index is 965. The summed E-state index contributed by atoms with van der Waals surface area (Å²) in [5, 5.41) is 4.91. The van der Waals surface area contributed by atoms with Crippen molar-refractivity contribution in [2.24, 2.45) is 0 Å². The van der Waals surface area contributed by atoms with Crippen molar-refractivity contribution in [3.05, 3.63) is 36.5 Å². The molecular weight excluding hydrogens is 418 g/mol. The Morgan fingerprint density at radius 3 is 1.84 bits per heavy atom. The zero-order valence-electron chi connectivity index (χ0n) is 19.2. The fourth-order valence-electron chi connectivity index (χ4n) is 6.19. The van der Waals surface area contributed by atoms with E-state index in [1.54, 1.807) is 0 Å². The van der Waals surface area contributed by atoms with Crippen LogP contribution in [0, 0.1) is 0 Å². The fraction of sp³-hybridized carbons (Fsp3) is 0.654. The Balaban J connectivity index is 1.59. The van der Waals surface area contributed by atoms with Gasteiger partial charge in [0.2, 0.25) is 10.0 Å². The van der Waals surface area contributed by atoms with E-state index >= 15 is 0 Å². The largest absolute Gasteiger partial charge is 0.268 e. The summed E-state index contributed by atoms with van der Waals surface area (Å²) in [6.45, 7) is 0. The quantitative estimate of drug-likeness (QED) is 0.512. The number of hydrogen-bond acceptors (Lipinski definition) is 3. The maximum atomic E-state index is 14.4. The molecule has 2 aromatic rings. The van der Waals surface area contributed by atoms with Gasteiger partial charge in [-0.3, -0.25) is 4.68 Å². The van der Waals surface area contributed by atoms with Crippen molar-refractivity contribution in [2.45, 2.75) is 113 Å². The Labute approximate surface area is 193 Å². The van der Waals surface area contributed by atoms with Gasteiger partial charge in [0.15, 0.2) is 0 Å². The van der Waals surface area contributed by atoms with Crippen LogP contribution in [0.3, 0.4) is 0 Å². The minimum Gasteiger partial charge on any atom is -0.268 e. The van der Waals surface area contributed by atoms with Crippen LogP contribution in [0.15, 0.2) is 41.4 Å². The van der Waals surface area contributed by atoms with E-state index in [9.17, 15) is 8.42 Å². The number of hydrogen-bond donors (Lipinski definition) is 0. The van der Waals surface area contributed by atoms with Crippen LogP contribution in [0.1, 0.15) is 95.9 Å². The number of rotatable bonds is 6. The topological polar surface area (TPSA) is 55.2 Å². The molecule has 0 spiro atoms. The average molecular weight is 456 g/mol. The van der Waals surface area contributed by atoms with Gasteiger partial charge in [-0.1, -0.05) is 81.7 Å². The van der Waals surface area contributed by atoms with Crippen LogP contribution in [0.5, 0.6) is 0 Å². The highest BCUT2D eigenvalue weighted by atomic mass is 32.2. The van der Waals surface area contributed by atoms with Crippen LogP contribution >= 0.6 is 0 Å². The van der Waals surface area contributed by atoms with Gasteiger partial charge < -0.3 is 0 Å². The van der Waals surface area contributed by atoms with E-state index in [2.05, 4.69) is 0 Å². The maximum Gasteiger partial charge on any atom is 0.247 e. The van der Waals surface area contributed by atoms with Gasteiger partial charge in [-0.05, 0) is 38.5 Å². The van der Waals surface area contributed by atoms with Gasteiger partial charge in [-0.25, -0.2) is 8.42 Å². The van der Waals surface area contributed by atoms with Gasteiger partial charge >= 0.3 is 0 Å². The van der Waals surface area contributed by atoms with Crippen molar-refractivity contribution in [3.63, 3.8) is 0 Å². The molecule has 1 aromatic heterocycles. The van der Waals surface area contributed by atoms with Gasteiger partial charge in [0.05, 0.1) is 6.04 Å². The Morgan fingerprint density at radius 1 is 0.750 bits per heavy atom. The molecule has 3 saturated carbocycles. The fourth-order valence-corrected chi connectivity index (χ4v) is 8.27. The van der Waals surface area contributed by atoms with E-state index in [4.69, 9.17) is 5.10 Å². The van der Waals surface area contributed by atoms with Crippen molar-refractivity contribution >= 4 is 10.0 Å². The molecule has 5 nitrogen and oxygen atoms in total. The molecule has 5 rings (SSSR count). The standard InChI is InChI=1S/C26H37N3O2S/c30-32(31,29(23-16-6-2-7-17-23)24-18-8-3-9-19-24)25-20-28(22-14-10-11-15-22)27-26(25)21-12-4-1-5-13-21/h1,4-5,12-13,20,22-24H,2-3,6-11,14-19H2. The lowest BCUT2D eigenvalue weighted by atomic mass is 9.91. The van der Waals surface area contributed by atoms with Crippen LogP contribution in [0.25, 0.3) is 11.3 Å². The molecule has 0 unspecified atom stereocenters. The minimum atomic E-state index is -3.64. The molecule has 1 heterocycles. The van der Waals surface area contributed by atoms with Crippen LogP contribution in [-0.4, -0.2) is 34.6 Å². The monoisotopic (exact) mass is 455 g/mol. The van der Waals surface area contributed by atoms with Gasteiger partial charge in [0.25, 0.3) is 0 Å². The molecule has 3 fully saturated rings. The normalized spacial score (nSPS) is 22.0. The van der Waals surface area contributed by atoms with E-state index in [0.29, 0.717) is 16.6 Å². The van der Waals surface area contributed by atoms with Crippen molar-refractivity contribution in [1.29, 1.82) is 0 Å². The van der Waals surface area contributed by atoms with Crippen molar-refractivity contribution in [2.75, 3.05) is 0 Å². The van der Waals surface area contributed by atoms with Crippen LogP contribution in [0.2, 0.25) is 0 Å². The molecule has 0 bridgehead atoms. The van der Waals surface area contributed by atoms with E-state index in [-0.39, 0.29) is 12.1 Å². The summed E-state index contributed by atoms with van der Waals surface area (Å²) >= 11 is 0. The second-order valence-electron chi connectivity index (χ2n) is 10.0. The zero-order chi connectivity index (χ0) is 22.0. The highest BCUT2D eigenvalue weighted by Crippen LogP contribution is 2.39. The third-order valence-corrected chi connectivity index (χ3v) is 9.87. The first kappa shape index (κ1) is 22.1. The first-order chi connectivity index (χ1) is 15.6. The molecule has 0 amide bonds. The SMILES string of the molecule is O=S(=O)(c1cn(C2CCCC2)nc1-c1ccccc1)N(C1CCCCC1)C1CCCCC1. The van der Waals surface area contributed by atoms with E-state index in [1.165, 1.54) is 25.7 Å². The number of sulfonamides is 1. The molecule has 0 N–H and O–H groups in total. The summed E-state index contributed by atoms with van der Waals surface area (Å²) in [6.07, 6.45) is 17.4. The lowest BCUT2D eigenvalue weighted by Gasteiger charge is -2.40. The molecule has 32 heavy (non-hydrogen) atoms. The predicted molar refractivity (Wildman–Crippen MR) is 128 cm³/mol. The smallest absolute Gasteiger partial charge is 0.247 e. The molecule has 0 aliphatic heterocycles. The summed E-state index contributed by atoms with van der Waals surface area (Å²) in [5.74, 6) is 0. The summed E-state index contributed by atoms with van der Waals surface area (Å²) in [4.78, 5) is 0.423. The summed E-state index contributed by atoms with van der Waals surface area (Å²) in [6, 6.07) is 10.5. The Morgan fingerprint density at radius 2 is 1.28 bits per heavy atom. The summed E-state index contributed by atoms with van der Waals surface area (Å²) in [5.41, 5.74) is 1.53. The van der Waals surface area contributed by atoms with Crippen molar-refractivity contribution < 1.29 is 8.42 Å². The second-order valence-corrected chi connectivity index (χ2v) is 11.9. The molecular formula is C26H37N3O2S.